The van der Waals surface area contributed by atoms with Gasteiger partial charge in [-0.25, -0.2) is 4.98 Å². The lowest BCUT2D eigenvalue weighted by Gasteiger charge is -2.31. The summed E-state index contributed by atoms with van der Waals surface area (Å²) in [5.74, 6) is 4.50. The van der Waals surface area contributed by atoms with Crippen LogP contribution in [0.25, 0.3) is 0 Å². The summed E-state index contributed by atoms with van der Waals surface area (Å²) in [6.07, 6.45) is 8.56. The summed E-state index contributed by atoms with van der Waals surface area (Å²) < 4.78 is 12.2. The highest BCUT2D eigenvalue weighted by atomic mass is 16.5. The fourth-order valence-corrected chi connectivity index (χ4v) is 6.12. The minimum absolute atomic E-state index is 0.174. The normalized spacial score (nSPS) is 22.4. The minimum Gasteiger partial charge on any atom is -0.493 e. The summed E-state index contributed by atoms with van der Waals surface area (Å²) in [6, 6.07) is 12.0. The van der Waals surface area contributed by atoms with Gasteiger partial charge in [0.2, 0.25) is 5.91 Å². The maximum atomic E-state index is 11.6. The molecule has 5 rings (SSSR count). The molecule has 2 saturated heterocycles. The SMILES string of the molecule is COc1cc(Nc2cccc(NCC3CCN(C(C)=O)CC3)n2)ccc1O[C@H]1CCC[C@@H]1CN1CCCC1. The van der Waals surface area contributed by atoms with E-state index in [2.05, 4.69) is 15.5 Å². The van der Waals surface area contributed by atoms with Crippen LogP contribution in [0.1, 0.15) is 51.9 Å². The molecule has 1 aromatic heterocycles. The number of piperidine rings is 1. The van der Waals surface area contributed by atoms with Crippen molar-refractivity contribution in [2.45, 2.75) is 58.0 Å². The van der Waals surface area contributed by atoms with Crippen molar-refractivity contribution in [3.8, 4) is 11.5 Å². The number of carbonyl (C=O) groups is 1. The van der Waals surface area contributed by atoms with Crippen LogP contribution >= 0.6 is 0 Å². The minimum atomic E-state index is 0.174. The van der Waals surface area contributed by atoms with E-state index in [4.69, 9.17) is 14.5 Å². The molecule has 38 heavy (non-hydrogen) atoms. The van der Waals surface area contributed by atoms with Crippen LogP contribution in [0.15, 0.2) is 36.4 Å². The Morgan fingerprint density at radius 1 is 0.974 bits per heavy atom. The summed E-state index contributed by atoms with van der Waals surface area (Å²) in [4.78, 5) is 20.8. The Morgan fingerprint density at radius 2 is 1.76 bits per heavy atom. The van der Waals surface area contributed by atoms with E-state index in [1.165, 1.54) is 38.8 Å². The molecule has 0 bridgehead atoms. The number of nitrogens with zero attached hydrogens (tertiary/aromatic N) is 3. The van der Waals surface area contributed by atoms with E-state index in [0.717, 1.165) is 74.3 Å². The first-order chi connectivity index (χ1) is 18.6. The zero-order valence-electron chi connectivity index (χ0n) is 23.0. The number of aromatic nitrogens is 1. The molecule has 2 atom stereocenters. The number of carbonyl (C=O) groups excluding carboxylic acids is 1. The Morgan fingerprint density at radius 3 is 2.53 bits per heavy atom. The van der Waals surface area contributed by atoms with E-state index in [9.17, 15) is 4.79 Å². The molecule has 0 unspecified atom stereocenters. The maximum absolute atomic E-state index is 11.6. The van der Waals surface area contributed by atoms with Gasteiger partial charge in [0.05, 0.1) is 7.11 Å². The van der Waals surface area contributed by atoms with E-state index in [0.29, 0.717) is 11.8 Å². The Hall–Kier alpha value is -3.00. The van der Waals surface area contributed by atoms with Gasteiger partial charge in [0.15, 0.2) is 11.5 Å². The molecule has 2 aromatic rings. The molecule has 3 heterocycles. The zero-order valence-corrected chi connectivity index (χ0v) is 23.0. The second kappa shape index (κ2) is 12.7. The first-order valence-electron chi connectivity index (χ1n) is 14.4. The number of hydrogen-bond acceptors (Lipinski definition) is 7. The Bertz CT molecular complexity index is 1070. The van der Waals surface area contributed by atoms with E-state index in [-0.39, 0.29) is 12.0 Å². The predicted octanol–water partition coefficient (Wildman–Crippen LogP) is 5.15. The van der Waals surface area contributed by atoms with Crippen molar-refractivity contribution >= 4 is 23.2 Å². The van der Waals surface area contributed by atoms with E-state index < -0.39 is 0 Å². The van der Waals surface area contributed by atoms with Gasteiger partial charge in [0.1, 0.15) is 17.7 Å². The number of amides is 1. The number of anilines is 3. The molecule has 1 amide bonds. The third-order valence-corrected chi connectivity index (χ3v) is 8.38. The van der Waals surface area contributed by atoms with Crippen LogP contribution in [0.5, 0.6) is 11.5 Å². The summed E-state index contributed by atoms with van der Waals surface area (Å²) in [6.45, 7) is 7.83. The molecule has 1 aromatic carbocycles. The molecule has 0 spiro atoms. The summed E-state index contributed by atoms with van der Waals surface area (Å²) in [5.41, 5.74) is 0.912. The van der Waals surface area contributed by atoms with Gasteiger partial charge in [0.25, 0.3) is 0 Å². The topological polar surface area (TPSA) is 79.0 Å². The molecule has 3 aliphatic rings. The van der Waals surface area contributed by atoms with Crippen molar-refractivity contribution in [2.75, 3.05) is 57.0 Å². The van der Waals surface area contributed by atoms with Gasteiger partial charge in [-0.2, -0.15) is 0 Å². The van der Waals surface area contributed by atoms with Gasteiger partial charge in [-0.05, 0) is 88.2 Å². The molecule has 1 aliphatic carbocycles. The second-order valence-electron chi connectivity index (χ2n) is 11.1. The van der Waals surface area contributed by atoms with Gasteiger partial charge >= 0.3 is 0 Å². The first-order valence-corrected chi connectivity index (χ1v) is 14.4. The average molecular weight is 522 g/mol. The summed E-state index contributed by atoms with van der Waals surface area (Å²) in [5, 5.41) is 6.90. The first kappa shape index (κ1) is 26.6. The van der Waals surface area contributed by atoms with E-state index >= 15 is 0 Å². The number of likely N-dealkylation sites (tertiary alicyclic amines) is 2. The van der Waals surface area contributed by atoms with Crippen LogP contribution in [0.3, 0.4) is 0 Å². The maximum Gasteiger partial charge on any atom is 0.219 e. The second-order valence-corrected chi connectivity index (χ2v) is 11.1. The lowest BCUT2D eigenvalue weighted by Crippen LogP contribution is -2.38. The zero-order chi connectivity index (χ0) is 26.3. The van der Waals surface area contributed by atoms with Crippen LogP contribution in [0, 0.1) is 11.8 Å². The largest absolute Gasteiger partial charge is 0.493 e. The van der Waals surface area contributed by atoms with Gasteiger partial charge in [-0.1, -0.05) is 6.07 Å². The van der Waals surface area contributed by atoms with Crippen molar-refractivity contribution in [3.63, 3.8) is 0 Å². The molecule has 2 aliphatic heterocycles. The van der Waals surface area contributed by atoms with Gasteiger partial charge < -0.3 is 29.9 Å². The monoisotopic (exact) mass is 521 g/mol. The van der Waals surface area contributed by atoms with Gasteiger partial charge in [-0.3, -0.25) is 4.79 Å². The van der Waals surface area contributed by atoms with Crippen LogP contribution in [0.2, 0.25) is 0 Å². The van der Waals surface area contributed by atoms with Crippen molar-refractivity contribution in [1.29, 1.82) is 0 Å². The molecular formula is C30H43N5O3. The molecule has 0 radical (unpaired) electrons. The van der Waals surface area contributed by atoms with Crippen LogP contribution in [-0.4, -0.2) is 73.2 Å². The van der Waals surface area contributed by atoms with Crippen molar-refractivity contribution in [2.24, 2.45) is 11.8 Å². The highest BCUT2D eigenvalue weighted by Gasteiger charge is 2.32. The van der Waals surface area contributed by atoms with Crippen molar-refractivity contribution in [3.05, 3.63) is 36.4 Å². The van der Waals surface area contributed by atoms with E-state index in [1.54, 1.807) is 14.0 Å². The van der Waals surface area contributed by atoms with Gasteiger partial charge in [0, 0.05) is 50.8 Å². The summed E-state index contributed by atoms with van der Waals surface area (Å²) >= 11 is 0. The Kier molecular flexibility index (Phi) is 8.89. The highest BCUT2D eigenvalue weighted by molar-refractivity contribution is 5.73. The number of hydrogen-bond donors (Lipinski definition) is 2. The quantitative estimate of drug-likeness (QED) is 0.448. The predicted molar refractivity (Wildman–Crippen MR) is 151 cm³/mol. The third kappa shape index (κ3) is 6.90. The lowest BCUT2D eigenvalue weighted by molar-refractivity contribution is -0.130. The van der Waals surface area contributed by atoms with Crippen LogP contribution in [0.4, 0.5) is 17.3 Å². The van der Waals surface area contributed by atoms with Crippen LogP contribution < -0.4 is 20.1 Å². The van der Waals surface area contributed by atoms with Gasteiger partial charge in [-0.15, -0.1) is 0 Å². The number of rotatable bonds is 10. The van der Waals surface area contributed by atoms with E-state index in [1.807, 2.05) is 41.3 Å². The molecule has 206 valence electrons. The van der Waals surface area contributed by atoms with Crippen molar-refractivity contribution < 1.29 is 14.3 Å². The number of methoxy groups -OCH3 is 1. The fraction of sp³-hybridized carbons (Fsp3) is 0.600. The Balaban J connectivity index is 1.15. The molecule has 8 heteroatoms. The molecule has 1 saturated carbocycles. The molecule has 3 fully saturated rings. The van der Waals surface area contributed by atoms with Crippen LogP contribution in [-0.2, 0) is 4.79 Å². The average Bonchev–Trinajstić information content (AvgIpc) is 3.61. The lowest BCUT2D eigenvalue weighted by atomic mass is 9.97. The number of pyridine rings is 1. The standard InChI is InChI=1S/C30H43N5O3/c1-22(36)35-17-13-23(14-18-35)20-31-29-9-6-10-30(33-29)32-25-11-12-27(28(19-25)37-2)38-26-8-5-7-24(26)21-34-15-3-4-16-34/h6,9-12,19,23-24,26H,3-5,7-8,13-18,20-21H2,1-2H3,(H2,31,32,33)/t24-,26+/m1/s1. The fourth-order valence-electron chi connectivity index (χ4n) is 6.12. The Labute approximate surface area is 227 Å². The van der Waals surface area contributed by atoms with Crippen molar-refractivity contribution in [1.82, 2.24) is 14.8 Å². The number of nitrogens with one attached hydrogen (secondary N) is 2. The molecule has 2 N–H and O–H groups in total. The summed E-state index contributed by atoms with van der Waals surface area (Å²) in [7, 11) is 1.70. The third-order valence-electron chi connectivity index (χ3n) is 8.38. The smallest absolute Gasteiger partial charge is 0.219 e. The number of benzene rings is 1. The molecule has 8 nitrogen and oxygen atoms in total. The number of ether oxygens (including phenoxy) is 2. The highest BCUT2D eigenvalue weighted by Crippen LogP contribution is 2.37. The molecular weight excluding hydrogens is 478 g/mol.